The van der Waals surface area contributed by atoms with Gasteiger partial charge < -0.3 is 15.1 Å². The lowest BCUT2D eigenvalue weighted by molar-refractivity contribution is 0.191. The van der Waals surface area contributed by atoms with Crippen LogP contribution < -0.4 is 10.2 Å². The van der Waals surface area contributed by atoms with E-state index in [1.54, 1.807) is 0 Å². The fraction of sp³-hybridized carbons (Fsp3) is 0.647. The van der Waals surface area contributed by atoms with Crippen LogP contribution in [0.2, 0.25) is 0 Å². The maximum Gasteiger partial charge on any atom is 0.317 e. The molecule has 5 heteroatoms. The van der Waals surface area contributed by atoms with Gasteiger partial charge in [-0.3, -0.25) is 0 Å². The number of aromatic nitrogens is 1. The van der Waals surface area contributed by atoms with Gasteiger partial charge in [-0.2, -0.15) is 0 Å². The number of urea groups is 1. The van der Waals surface area contributed by atoms with Gasteiger partial charge in [0, 0.05) is 43.8 Å². The highest BCUT2D eigenvalue weighted by Crippen LogP contribution is 2.40. The van der Waals surface area contributed by atoms with E-state index in [0.29, 0.717) is 6.04 Å². The van der Waals surface area contributed by atoms with Crippen LogP contribution in [0.15, 0.2) is 24.4 Å². The van der Waals surface area contributed by atoms with Crippen molar-refractivity contribution in [1.82, 2.24) is 15.2 Å². The van der Waals surface area contributed by atoms with E-state index in [-0.39, 0.29) is 11.4 Å². The number of nitrogens with zero attached hydrogens (tertiary/aromatic N) is 3. The van der Waals surface area contributed by atoms with Gasteiger partial charge in [0.1, 0.15) is 5.82 Å². The number of piperidine rings is 1. The number of rotatable bonds is 2. The maximum atomic E-state index is 12.3. The van der Waals surface area contributed by atoms with Crippen molar-refractivity contribution in [1.29, 1.82) is 0 Å². The lowest BCUT2D eigenvalue weighted by Crippen LogP contribution is -2.47. The highest BCUT2D eigenvalue weighted by molar-refractivity contribution is 5.75. The van der Waals surface area contributed by atoms with Crippen LogP contribution in [0.1, 0.15) is 32.1 Å². The summed E-state index contributed by atoms with van der Waals surface area (Å²) in [4.78, 5) is 21.2. The second kappa shape index (κ2) is 5.45. The molecule has 1 aromatic rings. The van der Waals surface area contributed by atoms with Crippen LogP contribution in [-0.2, 0) is 0 Å². The molecule has 3 fully saturated rings. The first-order valence-electron chi connectivity index (χ1n) is 8.46. The minimum atomic E-state index is 0.148. The lowest BCUT2D eigenvalue weighted by Gasteiger charge is -2.41. The van der Waals surface area contributed by atoms with Gasteiger partial charge in [-0.25, -0.2) is 9.78 Å². The van der Waals surface area contributed by atoms with Crippen LogP contribution in [0.3, 0.4) is 0 Å². The van der Waals surface area contributed by atoms with Crippen molar-refractivity contribution in [3.05, 3.63) is 24.4 Å². The van der Waals surface area contributed by atoms with E-state index in [1.165, 1.54) is 12.8 Å². The van der Waals surface area contributed by atoms with Crippen molar-refractivity contribution in [2.75, 3.05) is 31.1 Å². The van der Waals surface area contributed by atoms with E-state index < -0.39 is 0 Å². The molecular formula is C17H24N4O. The molecule has 4 rings (SSSR count). The molecule has 2 saturated heterocycles. The number of carbonyl (C=O) groups is 1. The van der Waals surface area contributed by atoms with E-state index in [1.807, 2.05) is 23.2 Å². The second-order valence-electron chi connectivity index (χ2n) is 7.11. The third-order valence-electron chi connectivity index (χ3n) is 5.27. The molecule has 1 saturated carbocycles. The zero-order valence-electron chi connectivity index (χ0n) is 13.0. The molecule has 0 bridgehead atoms. The van der Waals surface area contributed by atoms with Crippen molar-refractivity contribution in [2.45, 2.75) is 38.1 Å². The zero-order valence-corrected chi connectivity index (χ0v) is 13.0. The van der Waals surface area contributed by atoms with E-state index in [0.717, 1.165) is 51.3 Å². The number of hydrogen-bond acceptors (Lipinski definition) is 3. The van der Waals surface area contributed by atoms with Crippen LogP contribution in [-0.4, -0.2) is 48.1 Å². The molecule has 22 heavy (non-hydrogen) atoms. The van der Waals surface area contributed by atoms with Gasteiger partial charge >= 0.3 is 6.03 Å². The third kappa shape index (κ3) is 2.76. The van der Waals surface area contributed by atoms with Crippen molar-refractivity contribution in [2.24, 2.45) is 5.41 Å². The quantitative estimate of drug-likeness (QED) is 0.911. The number of amides is 2. The van der Waals surface area contributed by atoms with E-state index in [2.05, 4.69) is 21.3 Å². The van der Waals surface area contributed by atoms with Gasteiger partial charge in [0.15, 0.2) is 0 Å². The maximum absolute atomic E-state index is 12.3. The first-order chi connectivity index (χ1) is 10.7. The molecule has 3 heterocycles. The average molecular weight is 300 g/mol. The number of carbonyl (C=O) groups excluding carboxylic acids is 1. The van der Waals surface area contributed by atoms with Gasteiger partial charge in [-0.15, -0.1) is 0 Å². The Kier molecular flexibility index (Phi) is 3.43. The summed E-state index contributed by atoms with van der Waals surface area (Å²) in [6.45, 7) is 3.90. The number of hydrogen-bond donors (Lipinski definition) is 1. The molecule has 5 nitrogen and oxygen atoms in total. The fourth-order valence-electron chi connectivity index (χ4n) is 3.88. The highest BCUT2D eigenvalue weighted by Gasteiger charge is 2.43. The van der Waals surface area contributed by atoms with Gasteiger partial charge in [0.2, 0.25) is 0 Å². The van der Waals surface area contributed by atoms with Gasteiger partial charge in [-0.05, 0) is 44.2 Å². The molecule has 2 amide bonds. The summed E-state index contributed by atoms with van der Waals surface area (Å²) in [5.41, 5.74) is 0.261. The van der Waals surface area contributed by atoms with Crippen LogP contribution in [0.25, 0.3) is 0 Å². The Morgan fingerprint density at radius 2 is 2.14 bits per heavy atom. The first kappa shape index (κ1) is 13.9. The highest BCUT2D eigenvalue weighted by atomic mass is 16.2. The molecule has 1 aliphatic carbocycles. The van der Waals surface area contributed by atoms with Crippen molar-refractivity contribution in [3.8, 4) is 0 Å². The molecule has 0 aromatic carbocycles. The molecule has 3 aliphatic rings. The molecule has 1 atom stereocenters. The Labute approximate surface area is 131 Å². The predicted molar refractivity (Wildman–Crippen MR) is 85.9 cm³/mol. The van der Waals surface area contributed by atoms with Crippen LogP contribution >= 0.6 is 0 Å². The number of likely N-dealkylation sites (tertiary alicyclic amines) is 1. The monoisotopic (exact) mass is 300 g/mol. The van der Waals surface area contributed by atoms with Crippen molar-refractivity contribution < 1.29 is 4.79 Å². The minimum Gasteiger partial charge on any atom is -0.356 e. The predicted octanol–water partition coefficient (Wildman–Crippen LogP) is 2.25. The lowest BCUT2D eigenvalue weighted by atomic mass is 9.79. The zero-order chi connectivity index (χ0) is 15.0. The van der Waals surface area contributed by atoms with Crippen molar-refractivity contribution >= 4 is 11.8 Å². The molecule has 0 radical (unpaired) electrons. The average Bonchev–Trinajstić information content (AvgIpc) is 3.28. The first-order valence-corrected chi connectivity index (χ1v) is 8.46. The Morgan fingerprint density at radius 3 is 2.91 bits per heavy atom. The topological polar surface area (TPSA) is 48.5 Å². The number of anilines is 1. The van der Waals surface area contributed by atoms with E-state index in [4.69, 9.17) is 0 Å². The molecule has 118 valence electrons. The summed E-state index contributed by atoms with van der Waals surface area (Å²) in [7, 11) is 0. The molecule has 1 spiro atoms. The second-order valence-corrected chi connectivity index (χ2v) is 7.11. The molecule has 1 aromatic heterocycles. The van der Waals surface area contributed by atoms with Crippen molar-refractivity contribution in [3.63, 3.8) is 0 Å². The van der Waals surface area contributed by atoms with E-state index >= 15 is 0 Å². The third-order valence-corrected chi connectivity index (χ3v) is 5.27. The minimum absolute atomic E-state index is 0.148. The van der Waals surface area contributed by atoms with Gasteiger partial charge in [-0.1, -0.05) is 6.07 Å². The molecule has 2 aliphatic heterocycles. The summed E-state index contributed by atoms with van der Waals surface area (Å²) < 4.78 is 0. The number of pyridine rings is 1. The SMILES string of the molecule is O=C(NC1CC1)N1CCC2(CCCN(c3ccccn3)C2)C1. The Hall–Kier alpha value is -1.78. The fourth-order valence-corrected chi connectivity index (χ4v) is 3.88. The summed E-state index contributed by atoms with van der Waals surface area (Å²) in [5.74, 6) is 1.07. The Bertz CT molecular complexity index is 545. The van der Waals surface area contributed by atoms with Crippen LogP contribution in [0.5, 0.6) is 0 Å². The summed E-state index contributed by atoms with van der Waals surface area (Å²) in [6, 6.07) is 6.69. The summed E-state index contributed by atoms with van der Waals surface area (Å²) in [6.07, 6.45) is 7.70. The molecule has 1 unspecified atom stereocenters. The standard InChI is InChI=1S/C17H24N4O/c22-16(19-14-5-6-14)21-11-8-17(13-21)7-3-10-20(12-17)15-4-1-2-9-18-15/h1-2,4,9,14H,3,5-8,10-13H2,(H,19,22). The summed E-state index contributed by atoms with van der Waals surface area (Å²) in [5, 5.41) is 3.12. The Balaban J connectivity index is 1.42. The molecule has 1 N–H and O–H groups in total. The van der Waals surface area contributed by atoms with Gasteiger partial charge in [0.25, 0.3) is 0 Å². The summed E-state index contributed by atoms with van der Waals surface area (Å²) >= 11 is 0. The van der Waals surface area contributed by atoms with Crippen LogP contribution in [0, 0.1) is 5.41 Å². The van der Waals surface area contributed by atoms with Crippen LogP contribution in [0.4, 0.5) is 10.6 Å². The smallest absolute Gasteiger partial charge is 0.317 e. The largest absolute Gasteiger partial charge is 0.356 e. The van der Waals surface area contributed by atoms with E-state index in [9.17, 15) is 4.79 Å². The normalized spacial score (nSPS) is 28.2. The van der Waals surface area contributed by atoms with Gasteiger partial charge in [0.05, 0.1) is 0 Å². The molecular weight excluding hydrogens is 276 g/mol. The number of nitrogens with one attached hydrogen (secondary N) is 1. The Morgan fingerprint density at radius 1 is 1.23 bits per heavy atom.